The molecule has 2 aliphatic rings. The largest absolute Gasteiger partial charge is 0.508 e. The Hall–Kier alpha value is -2.40. The number of phenols is 1. The summed E-state index contributed by atoms with van der Waals surface area (Å²) in [6.45, 7) is 2.25. The van der Waals surface area contributed by atoms with Crippen LogP contribution in [0.5, 0.6) is 11.5 Å². The lowest BCUT2D eigenvalue weighted by molar-refractivity contribution is 0.0936. The van der Waals surface area contributed by atoms with E-state index in [1.165, 1.54) is 12.1 Å². The Balaban J connectivity index is 1.28. The minimum absolute atomic E-state index is 0.0871. The van der Waals surface area contributed by atoms with E-state index in [1.54, 1.807) is 36.4 Å². The van der Waals surface area contributed by atoms with Crippen LogP contribution in [-0.4, -0.2) is 41.5 Å². The number of hydrogen-bond acceptors (Lipinski definition) is 4. The van der Waals surface area contributed by atoms with Crippen molar-refractivity contribution in [3.63, 3.8) is 0 Å². The third-order valence-corrected chi connectivity index (χ3v) is 5.46. The summed E-state index contributed by atoms with van der Waals surface area (Å²) in [5.41, 5.74) is 0.636. The summed E-state index contributed by atoms with van der Waals surface area (Å²) in [4.78, 5) is 14.6. The first-order valence-electron chi connectivity index (χ1n) is 9.03. The molecule has 2 atom stereocenters. The number of rotatable bonds is 5. The lowest BCUT2D eigenvalue weighted by Gasteiger charge is -2.19. The van der Waals surface area contributed by atoms with Crippen LogP contribution in [0.15, 0.2) is 48.5 Å². The van der Waals surface area contributed by atoms with Crippen LogP contribution in [-0.2, 0) is 0 Å². The van der Waals surface area contributed by atoms with E-state index >= 15 is 0 Å². The van der Waals surface area contributed by atoms with E-state index in [0.717, 1.165) is 31.7 Å². The van der Waals surface area contributed by atoms with Crippen molar-refractivity contribution in [3.8, 4) is 11.5 Å². The zero-order valence-corrected chi connectivity index (χ0v) is 14.5. The number of benzene rings is 2. The van der Waals surface area contributed by atoms with Gasteiger partial charge in [0.05, 0.1) is 12.6 Å². The van der Waals surface area contributed by atoms with Gasteiger partial charge in [-0.05, 0) is 73.2 Å². The number of halogens is 1. The molecule has 1 N–H and O–H groups in total. The third-order valence-electron chi connectivity index (χ3n) is 5.46. The Morgan fingerprint density at radius 1 is 1.04 bits per heavy atom. The van der Waals surface area contributed by atoms with Crippen molar-refractivity contribution < 1.29 is 19.0 Å². The van der Waals surface area contributed by atoms with Crippen LogP contribution in [0.3, 0.4) is 0 Å². The van der Waals surface area contributed by atoms with Gasteiger partial charge in [0.1, 0.15) is 17.3 Å². The molecule has 0 bridgehead atoms. The van der Waals surface area contributed by atoms with E-state index in [4.69, 9.17) is 4.74 Å². The number of ketones is 1. The van der Waals surface area contributed by atoms with Crippen LogP contribution in [0.25, 0.3) is 0 Å². The van der Waals surface area contributed by atoms with E-state index in [9.17, 15) is 14.3 Å². The molecule has 4 nitrogen and oxygen atoms in total. The lowest BCUT2D eigenvalue weighted by Crippen LogP contribution is -2.30. The molecule has 1 heterocycles. The number of aromatic hydroxyl groups is 1. The number of hydrogen-bond donors (Lipinski definition) is 1. The Morgan fingerprint density at radius 2 is 1.65 bits per heavy atom. The molecule has 0 aromatic heterocycles. The molecule has 2 unspecified atom stereocenters. The third kappa shape index (κ3) is 3.73. The van der Waals surface area contributed by atoms with Crippen LogP contribution in [0.4, 0.5) is 4.39 Å². The molecular weight excluding hydrogens is 333 g/mol. The van der Waals surface area contributed by atoms with Gasteiger partial charge in [0.25, 0.3) is 0 Å². The normalized spacial score (nSPS) is 25.2. The number of carbonyl (C=O) groups is 1. The molecule has 1 aliphatic heterocycles. The number of phenolic OH excluding ortho intramolecular Hbond substituents is 1. The molecule has 2 aromatic carbocycles. The molecule has 5 heteroatoms. The van der Waals surface area contributed by atoms with Crippen molar-refractivity contribution in [1.29, 1.82) is 0 Å². The maximum Gasteiger partial charge on any atom is 0.176 e. The van der Waals surface area contributed by atoms with E-state index in [-0.39, 0.29) is 23.5 Å². The van der Waals surface area contributed by atoms with Gasteiger partial charge in [0.2, 0.25) is 0 Å². The molecule has 0 amide bonds. The smallest absolute Gasteiger partial charge is 0.176 e. The highest BCUT2D eigenvalue weighted by Gasteiger charge is 2.42. The van der Waals surface area contributed by atoms with Crippen molar-refractivity contribution >= 4 is 5.78 Å². The molecule has 136 valence electrons. The quantitative estimate of drug-likeness (QED) is 0.834. The average molecular weight is 355 g/mol. The summed E-state index contributed by atoms with van der Waals surface area (Å²) >= 11 is 0. The molecule has 26 heavy (non-hydrogen) atoms. The Bertz CT molecular complexity index is 761. The second-order valence-electron chi connectivity index (χ2n) is 7.35. The van der Waals surface area contributed by atoms with Gasteiger partial charge >= 0.3 is 0 Å². The van der Waals surface area contributed by atoms with E-state index in [1.807, 2.05) is 0 Å². The summed E-state index contributed by atoms with van der Waals surface area (Å²) < 4.78 is 19.0. The number of likely N-dealkylation sites (tertiary alicyclic amines) is 1. The minimum atomic E-state index is -0.255. The molecule has 0 spiro atoms. The summed E-state index contributed by atoms with van der Waals surface area (Å²) in [5, 5.41) is 9.32. The van der Waals surface area contributed by atoms with Crippen molar-refractivity contribution in [2.24, 2.45) is 11.8 Å². The maximum atomic E-state index is 13.0. The first-order chi connectivity index (χ1) is 12.6. The van der Waals surface area contributed by atoms with Crippen LogP contribution in [0, 0.1) is 17.7 Å². The predicted octanol–water partition coefficient (Wildman–Crippen LogP) is 3.50. The van der Waals surface area contributed by atoms with E-state index < -0.39 is 0 Å². The predicted molar refractivity (Wildman–Crippen MR) is 95.9 cm³/mol. The highest BCUT2D eigenvalue weighted by Crippen LogP contribution is 2.39. The number of ether oxygens (including phenoxy) is 1. The second kappa shape index (κ2) is 7.08. The summed E-state index contributed by atoms with van der Waals surface area (Å²) in [6, 6.07) is 12.6. The van der Waals surface area contributed by atoms with Gasteiger partial charge in [-0.3, -0.25) is 9.69 Å². The van der Waals surface area contributed by atoms with Crippen molar-refractivity contribution in [3.05, 3.63) is 59.9 Å². The zero-order chi connectivity index (χ0) is 18.1. The Kier molecular flexibility index (Phi) is 4.64. The van der Waals surface area contributed by atoms with Gasteiger partial charge < -0.3 is 9.84 Å². The molecule has 1 aliphatic carbocycles. The highest BCUT2D eigenvalue weighted by molar-refractivity contribution is 5.97. The van der Waals surface area contributed by atoms with Gasteiger partial charge in [-0.25, -0.2) is 4.39 Å². The van der Waals surface area contributed by atoms with E-state index in [2.05, 4.69) is 4.90 Å². The lowest BCUT2D eigenvalue weighted by atomic mass is 10.0. The van der Waals surface area contributed by atoms with Crippen LogP contribution in [0.2, 0.25) is 0 Å². The topological polar surface area (TPSA) is 49.8 Å². The zero-order valence-electron chi connectivity index (χ0n) is 14.5. The molecular formula is C21H22FNO3. The fraction of sp³-hybridized carbons (Fsp3) is 0.381. The van der Waals surface area contributed by atoms with Crippen LogP contribution >= 0.6 is 0 Å². The fourth-order valence-corrected chi connectivity index (χ4v) is 4.21. The van der Waals surface area contributed by atoms with Crippen molar-refractivity contribution in [2.45, 2.75) is 18.9 Å². The van der Waals surface area contributed by atoms with Crippen molar-refractivity contribution in [1.82, 2.24) is 4.90 Å². The number of nitrogens with zero attached hydrogens (tertiary/aromatic N) is 1. The molecule has 1 saturated carbocycles. The Morgan fingerprint density at radius 3 is 2.27 bits per heavy atom. The van der Waals surface area contributed by atoms with Gasteiger partial charge in [-0.15, -0.1) is 0 Å². The summed E-state index contributed by atoms with van der Waals surface area (Å²) in [5.74, 6) is 1.82. The monoisotopic (exact) mass is 355 g/mol. The van der Waals surface area contributed by atoms with E-state index in [0.29, 0.717) is 23.9 Å². The average Bonchev–Trinajstić information content (AvgIpc) is 3.15. The molecule has 0 radical (unpaired) electrons. The molecule has 1 saturated heterocycles. The van der Waals surface area contributed by atoms with Gasteiger partial charge in [0, 0.05) is 18.7 Å². The Labute approximate surface area is 152 Å². The maximum absolute atomic E-state index is 13.0. The number of carbonyl (C=O) groups excluding carboxylic acids is 1. The molecule has 2 aromatic rings. The molecule has 4 rings (SSSR count). The number of Topliss-reactive ketones (excluding diaryl/α,β-unsaturated/α-hetero) is 1. The van der Waals surface area contributed by atoms with Crippen molar-refractivity contribution in [2.75, 3.05) is 19.6 Å². The summed E-state index contributed by atoms with van der Waals surface area (Å²) in [7, 11) is 0. The van der Waals surface area contributed by atoms with Gasteiger partial charge in [0.15, 0.2) is 5.78 Å². The van der Waals surface area contributed by atoms with Gasteiger partial charge in [-0.1, -0.05) is 0 Å². The second-order valence-corrected chi connectivity index (χ2v) is 7.35. The first-order valence-corrected chi connectivity index (χ1v) is 9.03. The molecule has 2 fully saturated rings. The SMILES string of the molecule is O=C(CN1CC2CC(Oc3ccc(F)cc3)CC2C1)c1ccc(O)cc1. The minimum Gasteiger partial charge on any atom is -0.508 e. The standard InChI is InChI=1S/C21H22FNO3/c22-17-3-7-19(8-4-17)26-20-9-15-11-23(12-16(15)10-20)13-21(25)14-1-5-18(24)6-2-14/h1-8,15-16,20,24H,9-13H2. The first kappa shape index (κ1) is 17.0. The fourth-order valence-electron chi connectivity index (χ4n) is 4.21. The highest BCUT2D eigenvalue weighted by atomic mass is 19.1. The number of fused-ring (bicyclic) bond motifs is 1. The summed E-state index contributed by atoms with van der Waals surface area (Å²) in [6.07, 6.45) is 2.13. The van der Waals surface area contributed by atoms with Crippen LogP contribution < -0.4 is 4.74 Å². The van der Waals surface area contributed by atoms with Crippen LogP contribution in [0.1, 0.15) is 23.2 Å². The van der Waals surface area contributed by atoms with Gasteiger partial charge in [-0.2, -0.15) is 0 Å².